The first-order valence-corrected chi connectivity index (χ1v) is 5.26. The summed E-state index contributed by atoms with van der Waals surface area (Å²) < 4.78 is 34.6. The lowest BCUT2D eigenvalue weighted by Gasteiger charge is -2.21. The highest BCUT2D eigenvalue weighted by molar-refractivity contribution is 5.10. The lowest BCUT2D eigenvalue weighted by Crippen LogP contribution is -2.30. The first kappa shape index (κ1) is 13.1. The van der Waals surface area contributed by atoms with Gasteiger partial charge in [0.15, 0.2) is 0 Å². The van der Waals surface area contributed by atoms with Gasteiger partial charge in [0.25, 0.3) is 6.43 Å². The highest BCUT2D eigenvalue weighted by Gasteiger charge is 2.23. The fraction of sp³-hybridized carbons (Fsp3) is 0.636. The van der Waals surface area contributed by atoms with Crippen LogP contribution in [0.25, 0.3) is 0 Å². The Hall–Kier alpha value is -0.940. The molecule has 0 aliphatic rings. The predicted molar refractivity (Wildman–Crippen MR) is 56.4 cm³/mol. The molecule has 0 aromatic carbocycles. The molecule has 0 fully saturated rings. The third kappa shape index (κ3) is 3.57. The molecule has 2 unspecified atom stereocenters. The molecule has 5 heteroatoms. The Balaban J connectivity index is 2.71. The molecule has 92 valence electrons. The van der Waals surface area contributed by atoms with Crippen molar-refractivity contribution in [3.63, 3.8) is 0 Å². The van der Waals surface area contributed by atoms with Gasteiger partial charge < -0.3 is 14.9 Å². The quantitative estimate of drug-likeness (QED) is 0.821. The first-order valence-electron chi connectivity index (χ1n) is 5.26. The van der Waals surface area contributed by atoms with E-state index >= 15 is 0 Å². The van der Waals surface area contributed by atoms with Crippen LogP contribution in [0.5, 0.6) is 0 Å². The molecular formula is C11H17F2NO2. The Morgan fingerprint density at radius 1 is 1.44 bits per heavy atom. The number of aryl methyl sites for hydroxylation is 1. The molecule has 0 aliphatic heterocycles. The zero-order chi connectivity index (χ0) is 12.1. The molecule has 1 aromatic rings. The summed E-state index contributed by atoms with van der Waals surface area (Å²) in [4.78, 5) is 0. The molecule has 1 aromatic heterocycles. The average molecular weight is 233 g/mol. The SMILES string of the molecule is CCC(N)C(OCC(F)F)c1ccc(C)o1. The Kier molecular flexibility index (Phi) is 4.89. The van der Waals surface area contributed by atoms with Crippen LogP contribution in [0, 0.1) is 6.92 Å². The van der Waals surface area contributed by atoms with Crippen LogP contribution in [-0.2, 0) is 4.74 Å². The van der Waals surface area contributed by atoms with Crippen molar-refractivity contribution in [2.45, 2.75) is 38.8 Å². The second-order valence-electron chi connectivity index (χ2n) is 3.67. The maximum absolute atomic E-state index is 12.1. The van der Waals surface area contributed by atoms with Gasteiger partial charge in [0.1, 0.15) is 24.2 Å². The number of halogens is 2. The van der Waals surface area contributed by atoms with Gasteiger partial charge in [0, 0.05) is 6.04 Å². The molecular weight excluding hydrogens is 216 g/mol. The van der Waals surface area contributed by atoms with E-state index in [9.17, 15) is 8.78 Å². The first-order chi connectivity index (χ1) is 7.54. The fourth-order valence-electron chi connectivity index (χ4n) is 1.41. The molecule has 3 nitrogen and oxygen atoms in total. The van der Waals surface area contributed by atoms with Crippen molar-refractivity contribution in [3.8, 4) is 0 Å². The fourth-order valence-corrected chi connectivity index (χ4v) is 1.41. The maximum atomic E-state index is 12.1. The van der Waals surface area contributed by atoms with E-state index in [0.717, 1.165) is 0 Å². The summed E-state index contributed by atoms with van der Waals surface area (Å²) in [5.74, 6) is 1.22. The molecule has 16 heavy (non-hydrogen) atoms. The van der Waals surface area contributed by atoms with E-state index in [4.69, 9.17) is 14.9 Å². The molecule has 0 radical (unpaired) electrons. The molecule has 0 bridgehead atoms. The van der Waals surface area contributed by atoms with Crippen LogP contribution < -0.4 is 5.73 Å². The second-order valence-corrected chi connectivity index (χ2v) is 3.67. The number of hydrogen-bond donors (Lipinski definition) is 1. The number of ether oxygens (including phenoxy) is 1. The number of nitrogens with two attached hydrogens (primary N) is 1. The van der Waals surface area contributed by atoms with Gasteiger partial charge in [-0.2, -0.15) is 0 Å². The molecule has 2 N–H and O–H groups in total. The second kappa shape index (κ2) is 5.96. The molecule has 0 saturated carbocycles. The van der Waals surface area contributed by atoms with E-state index in [1.807, 2.05) is 6.92 Å². The number of furan rings is 1. The monoisotopic (exact) mass is 233 g/mol. The van der Waals surface area contributed by atoms with Gasteiger partial charge in [-0.05, 0) is 25.5 Å². The standard InChI is InChI=1S/C11H17F2NO2/c1-3-8(14)11(15-6-10(12)13)9-5-4-7(2)16-9/h4-5,8,10-11H,3,6,14H2,1-2H3. The third-order valence-corrected chi connectivity index (χ3v) is 2.30. The Morgan fingerprint density at radius 3 is 2.56 bits per heavy atom. The molecule has 1 heterocycles. The summed E-state index contributed by atoms with van der Waals surface area (Å²) in [7, 11) is 0. The third-order valence-electron chi connectivity index (χ3n) is 2.30. The maximum Gasteiger partial charge on any atom is 0.261 e. The van der Waals surface area contributed by atoms with E-state index in [0.29, 0.717) is 17.9 Å². The zero-order valence-corrected chi connectivity index (χ0v) is 9.45. The van der Waals surface area contributed by atoms with Crippen LogP contribution in [0.4, 0.5) is 8.78 Å². The van der Waals surface area contributed by atoms with Gasteiger partial charge in [0.2, 0.25) is 0 Å². The number of hydrogen-bond acceptors (Lipinski definition) is 3. The molecule has 0 saturated heterocycles. The largest absolute Gasteiger partial charge is 0.464 e. The van der Waals surface area contributed by atoms with Gasteiger partial charge in [-0.1, -0.05) is 6.92 Å². The van der Waals surface area contributed by atoms with Crippen LogP contribution >= 0.6 is 0 Å². The van der Waals surface area contributed by atoms with Gasteiger partial charge in [-0.15, -0.1) is 0 Å². The minimum absolute atomic E-state index is 0.343. The van der Waals surface area contributed by atoms with Gasteiger partial charge in [0.05, 0.1) is 0 Å². The Labute approximate surface area is 93.6 Å². The molecule has 0 amide bonds. The smallest absolute Gasteiger partial charge is 0.261 e. The topological polar surface area (TPSA) is 48.4 Å². The van der Waals surface area contributed by atoms with Crippen LogP contribution in [-0.4, -0.2) is 19.1 Å². The highest BCUT2D eigenvalue weighted by Crippen LogP contribution is 2.24. The van der Waals surface area contributed by atoms with E-state index in [-0.39, 0.29) is 6.04 Å². The van der Waals surface area contributed by atoms with Crippen LogP contribution in [0.3, 0.4) is 0 Å². The highest BCUT2D eigenvalue weighted by atomic mass is 19.3. The number of rotatable bonds is 6. The van der Waals surface area contributed by atoms with E-state index in [1.165, 1.54) is 0 Å². The average Bonchev–Trinajstić information content (AvgIpc) is 2.64. The summed E-state index contributed by atoms with van der Waals surface area (Å²) in [6, 6.07) is 3.13. The summed E-state index contributed by atoms with van der Waals surface area (Å²) >= 11 is 0. The van der Waals surface area contributed by atoms with Gasteiger partial charge in [-0.3, -0.25) is 0 Å². The van der Waals surface area contributed by atoms with Crippen molar-refractivity contribution in [2.24, 2.45) is 5.73 Å². The summed E-state index contributed by atoms with van der Waals surface area (Å²) in [5.41, 5.74) is 5.81. The van der Waals surface area contributed by atoms with Gasteiger partial charge >= 0.3 is 0 Å². The summed E-state index contributed by atoms with van der Waals surface area (Å²) in [6.45, 7) is 3.03. The van der Waals surface area contributed by atoms with E-state index < -0.39 is 19.1 Å². The van der Waals surface area contributed by atoms with Crippen molar-refractivity contribution >= 4 is 0 Å². The van der Waals surface area contributed by atoms with Crippen LogP contribution in [0.15, 0.2) is 16.5 Å². The Bertz CT molecular complexity index is 315. The molecule has 2 atom stereocenters. The predicted octanol–water partition coefficient (Wildman–Crippen LogP) is 2.65. The van der Waals surface area contributed by atoms with Crippen molar-refractivity contribution in [3.05, 3.63) is 23.7 Å². The molecule has 0 spiro atoms. The lowest BCUT2D eigenvalue weighted by molar-refractivity contribution is -0.0431. The van der Waals surface area contributed by atoms with E-state index in [2.05, 4.69) is 0 Å². The summed E-state index contributed by atoms with van der Waals surface area (Å²) in [5, 5.41) is 0. The number of alkyl halides is 2. The van der Waals surface area contributed by atoms with E-state index in [1.54, 1.807) is 19.1 Å². The van der Waals surface area contributed by atoms with Crippen molar-refractivity contribution in [1.29, 1.82) is 0 Å². The normalized spacial score (nSPS) is 15.4. The lowest BCUT2D eigenvalue weighted by atomic mass is 10.1. The molecule has 1 rings (SSSR count). The summed E-state index contributed by atoms with van der Waals surface area (Å²) in [6.07, 6.45) is -2.47. The van der Waals surface area contributed by atoms with Gasteiger partial charge in [-0.25, -0.2) is 8.78 Å². The Morgan fingerprint density at radius 2 is 2.12 bits per heavy atom. The minimum atomic E-state index is -2.50. The van der Waals surface area contributed by atoms with Crippen LogP contribution in [0.1, 0.15) is 31.0 Å². The van der Waals surface area contributed by atoms with Crippen molar-refractivity contribution < 1.29 is 17.9 Å². The zero-order valence-electron chi connectivity index (χ0n) is 9.45. The van der Waals surface area contributed by atoms with Crippen LogP contribution in [0.2, 0.25) is 0 Å². The minimum Gasteiger partial charge on any atom is -0.464 e. The van der Waals surface area contributed by atoms with Crippen molar-refractivity contribution in [1.82, 2.24) is 0 Å². The van der Waals surface area contributed by atoms with Crippen molar-refractivity contribution in [2.75, 3.05) is 6.61 Å². The molecule has 0 aliphatic carbocycles.